The Morgan fingerprint density at radius 1 is 1.29 bits per heavy atom. The number of carbonyl (C=O) groups is 1. The molecule has 0 saturated heterocycles. The first-order valence-corrected chi connectivity index (χ1v) is 7.47. The summed E-state index contributed by atoms with van der Waals surface area (Å²) in [5, 5.41) is 16.8. The van der Waals surface area contributed by atoms with Crippen molar-refractivity contribution in [1.82, 2.24) is 0 Å². The van der Waals surface area contributed by atoms with E-state index < -0.39 is 26.4 Å². The first-order chi connectivity index (χ1) is 9.84. The van der Waals surface area contributed by atoms with Crippen molar-refractivity contribution < 1.29 is 18.1 Å². The molecule has 0 bridgehead atoms. The van der Waals surface area contributed by atoms with Gasteiger partial charge in [0.15, 0.2) is 0 Å². The maximum atomic E-state index is 11.7. The van der Waals surface area contributed by atoms with E-state index in [1.54, 1.807) is 0 Å². The van der Waals surface area contributed by atoms with Gasteiger partial charge in [-0.15, -0.1) is 0 Å². The lowest BCUT2D eigenvalue weighted by molar-refractivity contribution is -0.569. The second kappa shape index (κ2) is 5.23. The first-order valence-electron chi connectivity index (χ1n) is 5.92. The lowest BCUT2D eigenvalue weighted by Gasteiger charge is -2.28. The number of carbonyl (C=O) groups excluding carboxylic acids is 1. The van der Waals surface area contributed by atoms with Crippen LogP contribution in [-0.4, -0.2) is 19.6 Å². The smallest absolute Gasteiger partial charge is 0.279 e. The van der Waals surface area contributed by atoms with Gasteiger partial charge in [-0.05, 0) is 12.1 Å². The zero-order valence-electron chi connectivity index (χ0n) is 10.7. The van der Waals surface area contributed by atoms with Crippen molar-refractivity contribution in [2.75, 3.05) is 0 Å². The molecule has 2 rings (SSSR count). The molecule has 0 fully saturated rings. The molecule has 7 nitrogen and oxygen atoms in total. The summed E-state index contributed by atoms with van der Waals surface area (Å²) in [6.45, 7) is 0. The van der Waals surface area contributed by atoms with Crippen molar-refractivity contribution in [2.45, 2.75) is 10.4 Å². The summed E-state index contributed by atoms with van der Waals surface area (Å²) in [5.41, 5.74) is -2.12. The summed E-state index contributed by atoms with van der Waals surface area (Å²) in [5.74, 6) is -1.12. The lowest BCUT2D eigenvalue weighted by Crippen LogP contribution is -2.43. The van der Waals surface area contributed by atoms with Crippen LogP contribution < -0.4 is 5.14 Å². The second-order valence-electron chi connectivity index (χ2n) is 4.53. The highest BCUT2D eigenvalue weighted by Gasteiger charge is 2.52. The van der Waals surface area contributed by atoms with Crippen molar-refractivity contribution in [3.8, 4) is 0 Å². The Kier molecular flexibility index (Phi) is 3.75. The third kappa shape index (κ3) is 2.39. The van der Waals surface area contributed by atoms with Gasteiger partial charge in [-0.2, -0.15) is 0 Å². The van der Waals surface area contributed by atoms with Gasteiger partial charge >= 0.3 is 0 Å². The van der Waals surface area contributed by atoms with Crippen LogP contribution in [0, 0.1) is 16.0 Å². The van der Waals surface area contributed by atoms with Crippen molar-refractivity contribution >= 4 is 16.3 Å². The fraction of sp³-hybridized carbons (Fsp3) is 0.154. The summed E-state index contributed by atoms with van der Waals surface area (Å²) in [6.07, 6.45) is 5.89. The summed E-state index contributed by atoms with van der Waals surface area (Å²) < 4.78 is 23.4. The zero-order valence-corrected chi connectivity index (χ0v) is 11.6. The Balaban J connectivity index is 2.83. The molecule has 2 unspecified atom stereocenters. The van der Waals surface area contributed by atoms with E-state index >= 15 is 0 Å². The van der Waals surface area contributed by atoms with Gasteiger partial charge in [0, 0.05) is 4.92 Å². The minimum absolute atomic E-state index is 0.129. The fourth-order valence-corrected chi connectivity index (χ4v) is 3.20. The van der Waals surface area contributed by atoms with E-state index in [9.17, 15) is 23.3 Å². The summed E-state index contributed by atoms with van der Waals surface area (Å²) in [7, 11) is -4.16. The molecule has 0 saturated carbocycles. The van der Waals surface area contributed by atoms with Crippen LogP contribution in [0.1, 0.15) is 5.56 Å². The van der Waals surface area contributed by atoms with E-state index in [0.717, 1.165) is 0 Å². The number of hydrogen-bond acceptors (Lipinski definition) is 5. The Bertz CT molecular complexity index is 754. The Labute approximate surface area is 121 Å². The number of rotatable bonds is 4. The third-order valence-corrected chi connectivity index (χ3v) is 4.33. The Morgan fingerprint density at radius 3 is 2.52 bits per heavy atom. The van der Waals surface area contributed by atoms with Crippen molar-refractivity contribution in [1.29, 1.82) is 0 Å². The van der Waals surface area contributed by atoms with Crippen molar-refractivity contribution in [3.05, 3.63) is 64.2 Å². The number of primary sulfonamides is 1. The number of hydrogen-bond donors (Lipinski definition) is 1. The number of nitrogens with two attached hydrogens (primary N) is 1. The van der Waals surface area contributed by atoms with E-state index in [0.29, 0.717) is 6.29 Å². The molecule has 0 amide bonds. The van der Waals surface area contributed by atoms with Gasteiger partial charge in [0.2, 0.25) is 10.0 Å². The van der Waals surface area contributed by atoms with Crippen LogP contribution >= 0.6 is 0 Å². The number of aldehydes is 1. The summed E-state index contributed by atoms with van der Waals surface area (Å²) in [6, 6.07) is 5.35. The predicted molar refractivity (Wildman–Crippen MR) is 74.3 cm³/mol. The number of nitro groups is 1. The van der Waals surface area contributed by atoms with Crippen LogP contribution in [0.15, 0.2) is 53.5 Å². The van der Waals surface area contributed by atoms with Crippen LogP contribution in [0.5, 0.6) is 0 Å². The van der Waals surface area contributed by atoms with Gasteiger partial charge in [-0.1, -0.05) is 36.4 Å². The summed E-state index contributed by atoms with van der Waals surface area (Å²) in [4.78, 5) is 21.9. The molecule has 1 aromatic carbocycles. The molecule has 2 atom stereocenters. The molecular formula is C13H12N2O5S. The highest BCUT2D eigenvalue weighted by Crippen LogP contribution is 2.39. The van der Waals surface area contributed by atoms with Crippen LogP contribution in [0.2, 0.25) is 0 Å². The monoisotopic (exact) mass is 308 g/mol. The average molecular weight is 308 g/mol. The minimum atomic E-state index is -4.16. The molecule has 2 N–H and O–H groups in total. The third-order valence-electron chi connectivity index (χ3n) is 3.36. The molecule has 0 heterocycles. The van der Waals surface area contributed by atoms with E-state index in [-0.39, 0.29) is 10.5 Å². The van der Waals surface area contributed by atoms with E-state index in [1.165, 1.54) is 48.6 Å². The molecule has 0 aromatic heterocycles. The Hall–Kier alpha value is -2.32. The fourth-order valence-electron chi connectivity index (χ4n) is 2.39. The molecule has 110 valence electrons. The standard InChI is InChI=1S/C13H12N2O5S/c14-21(19,20)12-7-2-1-6-11(12)13(15(17)18)8-4-3-5-10(13)9-16/h1-10H,(H2,14,19,20). The van der Waals surface area contributed by atoms with Crippen LogP contribution in [0.4, 0.5) is 0 Å². The van der Waals surface area contributed by atoms with E-state index in [4.69, 9.17) is 5.14 Å². The average Bonchev–Trinajstić information content (AvgIpc) is 2.46. The molecule has 0 radical (unpaired) electrons. The maximum Gasteiger partial charge on any atom is 0.279 e. The van der Waals surface area contributed by atoms with E-state index in [1.807, 2.05) is 0 Å². The van der Waals surface area contributed by atoms with Gasteiger partial charge in [0.25, 0.3) is 5.54 Å². The number of nitrogens with zero attached hydrogens (tertiary/aromatic N) is 1. The molecule has 1 aliphatic rings. The van der Waals surface area contributed by atoms with Gasteiger partial charge in [0.05, 0.1) is 10.5 Å². The second-order valence-corrected chi connectivity index (χ2v) is 6.06. The van der Waals surface area contributed by atoms with Crippen molar-refractivity contribution in [3.63, 3.8) is 0 Å². The molecule has 8 heteroatoms. The van der Waals surface area contributed by atoms with Crippen LogP contribution in [0.3, 0.4) is 0 Å². The number of benzene rings is 1. The van der Waals surface area contributed by atoms with E-state index in [2.05, 4.69) is 0 Å². The number of allylic oxidation sites excluding steroid dienone is 2. The quantitative estimate of drug-likeness (QED) is 0.500. The topological polar surface area (TPSA) is 120 Å². The van der Waals surface area contributed by atoms with Gasteiger partial charge in [0.1, 0.15) is 12.2 Å². The highest BCUT2D eigenvalue weighted by atomic mass is 32.2. The first kappa shape index (κ1) is 15.1. The van der Waals surface area contributed by atoms with Crippen molar-refractivity contribution in [2.24, 2.45) is 11.1 Å². The van der Waals surface area contributed by atoms with Crippen LogP contribution in [0.25, 0.3) is 0 Å². The normalized spacial score (nSPS) is 24.7. The van der Waals surface area contributed by atoms with Gasteiger partial charge in [-0.25, -0.2) is 13.6 Å². The lowest BCUT2D eigenvalue weighted by atomic mass is 9.76. The highest BCUT2D eigenvalue weighted by molar-refractivity contribution is 7.89. The molecule has 0 aliphatic heterocycles. The maximum absolute atomic E-state index is 11.7. The molecule has 0 spiro atoms. The predicted octanol–water partition coefficient (Wildman–Crippen LogP) is 0.747. The van der Waals surface area contributed by atoms with Gasteiger partial charge < -0.3 is 4.79 Å². The molecule has 1 aliphatic carbocycles. The Morgan fingerprint density at radius 2 is 1.95 bits per heavy atom. The largest absolute Gasteiger partial charge is 0.302 e. The molecule has 1 aromatic rings. The SMILES string of the molecule is NS(=O)(=O)c1ccccc1C1([N+](=O)[O-])C=CC=CC1C=O. The zero-order chi connectivity index (χ0) is 15.7. The number of sulfonamides is 1. The van der Waals surface area contributed by atoms with Crippen LogP contribution in [-0.2, 0) is 20.4 Å². The molecular weight excluding hydrogens is 296 g/mol. The molecule has 21 heavy (non-hydrogen) atoms. The minimum Gasteiger partial charge on any atom is -0.302 e. The van der Waals surface area contributed by atoms with Gasteiger partial charge in [-0.3, -0.25) is 10.1 Å². The summed E-state index contributed by atoms with van der Waals surface area (Å²) >= 11 is 0.